The number of nitrogens with zero attached hydrogens (tertiary/aromatic N) is 1. The Labute approximate surface area is 122 Å². The first kappa shape index (κ1) is 16.0. The summed E-state index contributed by atoms with van der Waals surface area (Å²) >= 11 is 3.37. The van der Waals surface area contributed by atoms with Crippen LogP contribution in [0.2, 0.25) is 0 Å². The Balaban J connectivity index is 2.54. The Hall–Kier alpha value is -1.10. The van der Waals surface area contributed by atoms with Crippen LogP contribution in [-0.2, 0) is 0 Å². The smallest absolute Gasteiger partial charge is 0.270 e. The molecule has 5 heteroatoms. The Morgan fingerprint density at radius 3 is 2.53 bits per heavy atom. The van der Waals surface area contributed by atoms with E-state index in [2.05, 4.69) is 42.0 Å². The van der Waals surface area contributed by atoms with Gasteiger partial charge >= 0.3 is 0 Å². The number of hydrogen-bond donors (Lipinski definition) is 1. The monoisotopic (exact) mass is 328 g/mol. The third-order valence-corrected chi connectivity index (χ3v) is 3.64. The predicted molar refractivity (Wildman–Crippen MR) is 82.6 cm³/mol. The molecule has 1 N–H and O–H groups in total. The summed E-state index contributed by atoms with van der Waals surface area (Å²) in [5.74, 6) is 0.735. The molecule has 0 aliphatic carbocycles. The van der Waals surface area contributed by atoms with Crippen LogP contribution < -0.4 is 5.32 Å². The lowest BCUT2D eigenvalue weighted by Gasteiger charge is -2.16. The molecular weight excluding hydrogens is 308 g/mol. The third-order valence-electron chi connectivity index (χ3n) is 2.98. The quantitative estimate of drug-likeness (QED) is 0.567. The first-order valence-electron chi connectivity index (χ1n) is 6.60. The largest absolute Gasteiger partial charge is 0.382 e. The molecule has 0 saturated heterocycles. The fraction of sp³-hybridized carbons (Fsp3) is 0.571. The summed E-state index contributed by atoms with van der Waals surface area (Å²) in [4.78, 5) is 10.3. The van der Waals surface area contributed by atoms with Crippen molar-refractivity contribution in [2.75, 3.05) is 5.32 Å². The minimum Gasteiger partial charge on any atom is -0.382 e. The summed E-state index contributed by atoms with van der Waals surface area (Å²) in [6.07, 6.45) is 3.52. The minimum absolute atomic E-state index is 0.102. The van der Waals surface area contributed by atoms with E-state index in [1.807, 2.05) is 0 Å². The van der Waals surface area contributed by atoms with E-state index in [0.29, 0.717) is 6.04 Å². The molecule has 1 rings (SSSR count). The van der Waals surface area contributed by atoms with Crippen molar-refractivity contribution in [3.63, 3.8) is 0 Å². The molecule has 1 unspecified atom stereocenters. The van der Waals surface area contributed by atoms with Crippen molar-refractivity contribution in [1.82, 2.24) is 0 Å². The molecule has 0 spiro atoms. The maximum Gasteiger partial charge on any atom is 0.270 e. The summed E-state index contributed by atoms with van der Waals surface area (Å²) in [7, 11) is 0. The second kappa shape index (κ2) is 7.48. The van der Waals surface area contributed by atoms with Crippen molar-refractivity contribution >= 4 is 27.3 Å². The highest BCUT2D eigenvalue weighted by atomic mass is 79.9. The number of nitrogens with one attached hydrogen (secondary N) is 1. The van der Waals surface area contributed by atoms with Gasteiger partial charge in [0.1, 0.15) is 0 Å². The Morgan fingerprint density at radius 1 is 1.32 bits per heavy atom. The van der Waals surface area contributed by atoms with Gasteiger partial charge in [0, 0.05) is 28.3 Å². The van der Waals surface area contributed by atoms with Gasteiger partial charge in [-0.25, -0.2) is 0 Å². The zero-order valence-electron chi connectivity index (χ0n) is 11.6. The summed E-state index contributed by atoms with van der Waals surface area (Å²) in [6, 6.07) is 5.16. The number of benzene rings is 1. The molecule has 1 atom stereocenters. The van der Waals surface area contributed by atoms with Crippen LogP contribution in [0.25, 0.3) is 0 Å². The van der Waals surface area contributed by atoms with E-state index < -0.39 is 0 Å². The van der Waals surface area contributed by atoms with E-state index in [4.69, 9.17) is 0 Å². The molecule has 4 nitrogen and oxygen atoms in total. The van der Waals surface area contributed by atoms with Crippen LogP contribution in [0.3, 0.4) is 0 Å². The zero-order valence-corrected chi connectivity index (χ0v) is 13.2. The second-order valence-electron chi connectivity index (χ2n) is 5.29. The van der Waals surface area contributed by atoms with Crippen molar-refractivity contribution in [2.45, 2.75) is 46.1 Å². The summed E-state index contributed by atoms with van der Waals surface area (Å²) < 4.78 is 0.734. The normalized spacial score (nSPS) is 12.5. The second-order valence-corrected chi connectivity index (χ2v) is 6.15. The highest BCUT2D eigenvalue weighted by Gasteiger charge is 2.10. The molecule has 0 amide bonds. The molecule has 0 aromatic heterocycles. The first-order valence-corrected chi connectivity index (χ1v) is 7.40. The average Bonchev–Trinajstić information content (AvgIpc) is 2.31. The molecule has 106 valence electrons. The number of nitro benzene ring substituents is 1. The van der Waals surface area contributed by atoms with Crippen LogP contribution in [0.4, 0.5) is 11.4 Å². The predicted octanol–water partition coefficient (Wildman–Crippen LogP) is 4.98. The van der Waals surface area contributed by atoms with Gasteiger partial charge in [-0.2, -0.15) is 0 Å². The van der Waals surface area contributed by atoms with Crippen molar-refractivity contribution in [1.29, 1.82) is 0 Å². The average molecular weight is 329 g/mol. The minimum atomic E-state index is -0.388. The number of rotatable bonds is 7. The lowest BCUT2D eigenvalue weighted by molar-refractivity contribution is -0.384. The van der Waals surface area contributed by atoms with Crippen molar-refractivity contribution in [2.24, 2.45) is 5.92 Å². The van der Waals surface area contributed by atoms with Gasteiger partial charge in [-0.05, 0) is 41.3 Å². The van der Waals surface area contributed by atoms with Gasteiger partial charge in [0.25, 0.3) is 5.69 Å². The van der Waals surface area contributed by atoms with Crippen molar-refractivity contribution in [3.8, 4) is 0 Å². The number of nitro groups is 1. The molecule has 0 saturated carbocycles. The van der Waals surface area contributed by atoms with Crippen LogP contribution in [-0.4, -0.2) is 11.0 Å². The molecule has 0 aliphatic heterocycles. The van der Waals surface area contributed by atoms with Crippen LogP contribution in [0, 0.1) is 16.0 Å². The molecule has 0 radical (unpaired) electrons. The van der Waals surface area contributed by atoms with Gasteiger partial charge in [-0.1, -0.05) is 26.7 Å². The van der Waals surface area contributed by atoms with Crippen LogP contribution in [0.5, 0.6) is 0 Å². The van der Waals surface area contributed by atoms with E-state index in [-0.39, 0.29) is 10.6 Å². The lowest BCUT2D eigenvalue weighted by Crippen LogP contribution is -2.15. The van der Waals surface area contributed by atoms with E-state index in [0.717, 1.165) is 22.5 Å². The number of hydrogen-bond acceptors (Lipinski definition) is 3. The standard InChI is InChI=1S/C14H21BrN2O2/c1-10(2)5-4-6-11(3)16-14-8-7-12(17(18)19)9-13(14)15/h7-11,16H,4-6H2,1-3H3. The van der Waals surface area contributed by atoms with Gasteiger partial charge < -0.3 is 5.32 Å². The van der Waals surface area contributed by atoms with Crippen LogP contribution >= 0.6 is 15.9 Å². The highest BCUT2D eigenvalue weighted by molar-refractivity contribution is 9.10. The maximum atomic E-state index is 10.7. The van der Waals surface area contributed by atoms with Crippen LogP contribution in [0.1, 0.15) is 40.0 Å². The zero-order chi connectivity index (χ0) is 14.4. The molecule has 1 aromatic carbocycles. The first-order chi connectivity index (χ1) is 8.90. The van der Waals surface area contributed by atoms with Crippen molar-refractivity contribution < 1.29 is 4.92 Å². The van der Waals surface area contributed by atoms with Gasteiger partial charge in [-0.3, -0.25) is 10.1 Å². The maximum absolute atomic E-state index is 10.7. The van der Waals surface area contributed by atoms with E-state index >= 15 is 0 Å². The van der Waals surface area contributed by atoms with E-state index in [9.17, 15) is 10.1 Å². The summed E-state index contributed by atoms with van der Waals surface area (Å²) in [5, 5.41) is 14.0. The Morgan fingerprint density at radius 2 is 2.00 bits per heavy atom. The number of halogens is 1. The van der Waals surface area contributed by atoms with E-state index in [1.54, 1.807) is 6.07 Å². The highest BCUT2D eigenvalue weighted by Crippen LogP contribution is 2.28. The molecule has 0 aliphatic rings. The Kier molecular flexibility index (Phi) is 6.28. The van der Waals surface area contributed by atoms with Crippen molar-refractivity contribution in [3.05, 3.63) is 32.8 Å². The van der Waals surface area contributed by atoms with E-state index in [1.165, 1.54) is 25.0 Å². The van der Waals surface area contributed by atoms with Gasteiger partial charge in [-0.15, -0.1) is 0 Å². The molecule has 0 heterocycles. The van der Waals surface area contributed by atoms with Gasteiger partial charge in [0.2, 0.25) is 0 Å². The molecule has 1 aromatic rings. The molecule has 0 fully saturated rings. The third kappa shape index (κ3) is 5.59. The summed E-state index contributed by atoms with van der Waals surface area (Å²) in [5.41, 5.74) is 1.01. The number of anilines is 1. The lowest BCUT2D eigenvalue weighted by atomic mass is 10.0. The summed E-state index contributed by atoms with van der Waals surface area (Å²) in [6.45, 7) is 6.59. The van der Waals surface area contributed by atoms with Crippen LogP contribution in [0.15, 0.2) is 22.7 Å². The van der Waals surface area contributed by atoms with Gasteiger partial charge in [0.15, 0.2) is 0 Å². The topological polar surface area (TPSA) is 55.2 Å². The SMILES string of the molecule is CC(C)CCCC(C)Nc1ccc([N+](=O)[O-])cc1Br. The number of non-ortho nitro benzene ring substituents is 1. The Bertz CT molecular complexity index is 435. The van der Waals surface area contributed by atoms with Gasteiger partial charge in [0.05, 0.1) is 4.92 Å². The molecule has 19 heavy (non-hydrogen) atoms. The molecular formula is C14H21BrN2O2. The fourth-order valence-corrected chi connectivity index (χ4v) is 2.39. The fourth-order valence-electron chi connectivity index (χ4n) is 1.90. The molecule has 0 bridgehead atoms.